The zero-order valence-corrected chi connectivity index (χ0v) is 31.7. The number of halogens is 2. The lowest BCUT2D eigenvalue weighted by molar-refractivity contribution is -0.117. The first-order valence-corrected chi connectivity index (χ1v) is 20.3. The molecule has 6 rings (SSSR count). The van der Waals surface area contributed by atoms with Crippen molar-refractivity contribution in [3.8, 4) is 0 Å². The highest BCUT2D eigenvalue weighted by atomic mass is 79.9. The van der Waals surface area contributed by atoms with Crippen molar-refractivity contribution in [2.45, 2.75) is 13.8 Å². The zero-order valence-electron chi connectivity index (χ0n) is 27.8. The average Bonchev–Trinajstić information content (AvgIpc) is 3.36. The largest absolute Gasteiger partial charge is 0.616 e. The van der Waals surface area contributed by atoms with Crippen LogP contribution in [-0.2, 0) is 31.9 Å². The van der Waals surface area contributed by atoms with Gasteiger partial charge in [0.05, 0.1) is 41.6 Å². The van der Waals surface area contributed by atoms with E-state index >= 15 is 0 Å². The van der Waals surface area contributed by atoms with Crippen LogP contribution in [0.3, 0.4) is 0 Å². The number of benzene rings is 3. The van der Waals surface area contributed by atoms with E-state index in [-0.39, 0.29) is 24.9 Å². The number of benzodiazepines with no additional fused rings is 2. The van der Waals surface area contributed by atoms with Gasteiger partial charge in [-0.05, 0) is 62.4 Å². The molecule has 9 nitrogen and oxygen atoms in total. The van der Waals surface area contributed by atoms with Crippen LogP contribution >= 0.6 is 27.5 Å². The van der Waals surface area contributed by atoms with Gasteiger partial charge in [-0.15, -0.1) is 0 Å². The fourth-order valence-corrected chi connectivity index (χ4v) is 7.38. The lowest BCUT2D eigenvalue weighted by atomic mass is 10.0. The lowest BCUT2D eigenvalue weighted by Crippen LogP contribution is -2.36. The SMILES string of the molecule is CC[S+]([O-])CCN1C(=O)CN=C(c2ccccc2)c2cc(Br)ccc21.CC[S+]([O-])CCN1C(=O)CN=C(c2ccccn2)c2cc(Cl)ccc21. The molecule has 2 amide bonds. The standard InChI is InChI=1S/C19H19BrN2O2S.C18H18ClN3O2S/c1-2-25(24)11-10-22-17-9-8-15(20)12-16(17)19(21-13-18(22)23)14-6-4-3-5-7-14;1-2-25(24)10-9-22-16-7-6-13(19)11-14(16)18(21-12-17(22)23)15-5-3-4-8-20-15/h3-9,12H,2,10-11,13H2,1H3;3-8,11H,2,9-10,12H2,1H3. The van der Waals surface area contributed by atoms with Crippen molar-refractivity contribution in [3.05, 3.63) is 123 Å². The molecule has 50 heavy (non-hydrogen) atoms. The maximum Gasteiger partial charge on any atom is 0.248 e. The third kappa shape index (κ3) is 9.42. The van der Waals surface area contributed by atoms with Crippen molar-refractivity contribution in [2.75, 3.05) is 59.0 Å². The van der Waals surface area contributed by atoms with Crippen molar-refractivity contribution >= 4 is 84.5 Å². The number of nitrogens with zero attached hydrogens (tertiary/aromatic N) is 5. The van der Waals surface area contributed by atoms with Gasteiger partial charge in [-0.1, -0.05) is 86.3 Å². The Bertz CT molecular complexity index is 1730. The Balaban J connectivity index is 0.000000194. The van der Waals surface area contributed by atoms with Crippen LogP contribution in [-0.4, -0.2) is 86.5 Å². The Kier molecular flexibility index (Phi) is 13.7. The quantitative estimate of drug-likeness (QED) is 0.180. The van der Waals surface area contributed by atoms with Crippen LogP contribution in [0.25, 0.3) is 0 Å². The number of carbonyl (C=O) groups excluding carboxylic acids is 2. The zero-order chi connectivity index (χ0) is 35.6. The Morgan fingerprint density at radius 1 is 0.740 bits per heavy atom. The Morgan fingerprint density at radius 3 is 1.88 bits per heavy atom. The Labute approximate surface area is 312 Å². The van der Waals surface area contributed by atoms with Crippen LogP contribution in [0.5, 0.6) is 0 Å². The number of aliphatic imine (C=N–C) groups is 2. The smallest absolute Gasteiger partial charge is 0.248 e. The van der Waals surface area contributed by atoms with Crippen LogP contribution in [0.4, 0.5) is 11.4 Å². The van der Waals surface area contributed by atoms with E-state index in [1.807, 2.05) is 86.6 Å². The molecule has 2 atom stereocenters. The van der Waals surface area contributed by atoms with Crippen molar-refractivity contribution in [2.24, 2.45) is 9.98 Å². The summed E-state index contributed by atoms with van der Waals surface area (Å²) in [6.07, 6.45) is 1.69. The monoisotopic (exact) mass is 793 g/mol. The topological polar surface area (TPSA) is 124 Å². The fourth-order valence-electron chi connectivity index (χ4n) is 5.50. The second-order valence-electron chi connectivity index (χ2n) is 11.2. The third-order valence-electron chi connectivity index (χ3n) is 8.04. The summed E-state index contributed by atoms with van der Waals surface area (Å²) in [6, 6.07) is 26.6. The van der Waals surface area contributed by atoms with Gasteiger partial charge in [-0.2, -0.15) is 0 Å². The summed E-state index contributed by atoms with van der Waals surface area (Å²) >= 11 is 7.85. The molecule has 0 spiro atoms. The number of anilines is 2. The molecule has 1 aromatic heterocycles. The fraction of sp³-hybridized carbons (Fsp3) is 0.270. The van der Waals surface area contributed by atoms with Crippen LogP contribution in [0.2, 0.25) is 5.02 Å². The normalized spacial score (nSPS) is 15.4. The minimum absolute atomic E-state index is 0.0248. The highest BCUT2D eigenvalue weighted by Crippen LogP contribution is 2.31. The van der Waals surface area contributed by atoms with Gasteiger partial charge in [0.25, 0.3) is 0 Å². The molecule has 3 heterocycles. The average molecular weight is 795 g/mol. The second-order valence-corrected chi connectivity index (χ2v) is 16.3. The van der Waals surface area contributed by atoms with Crippen molar-refractivity contribution in [1.29, 1.82) is 0 Å². The van der Waals surface area contributed by atoms with Crippen molar-refractivity contribution in [1.82, 2.24) is 4.98 Å². The van der Waals surface area contributed by atoms with Gasteiger partial charge in [0.1, 0.15) is 36.1 Å². The van der Waals surface area contributed by atoms with Crippen LogP contribution in [0, 0.1) is 0 Å². The molecule has 0 bridgehead atoms. The maximum atomic E-state index is 12.6. The molecule has 0 saturated carbocycles. The number of fused-ring (bicyclic) bond motifs is 2. The highest BCUT2D eigenvalue weighted by molar-refractivity contribution is 9.10. The molecule has 2 unspecified atom stereocenters. The molecule has 0 saturated heterocycles. The summed E-state index contributed by atoms with van der Waals surface area (Å²) in [4.78, 5) is 42.0. The van der Waals surface area contributed by atoms with Gasteiger partial charge in [-0.25, -0.2) is 0 Å². The Hall–Kier alpha value is -3.52. The molecule has 13 heteroatoms. The molecule has 4 aromatic rings. The van der Waals surface area contributed by atoms with E-state index in [4.69, 9.17) is 11.6 Å². The molecule has 260 valence electrons. The molecule has 0 aliphatic carbocycles. The van der Waals surface area contributed by atoms with Gasteiger partial charge >= 0.3 is 0 Å². The summed E-state index contributed by atoms with van der Waals surface area (Å²) in [7, 11) is 0. The summed E-state index contributed by atoms with van der Waals surface area (Å²) < 4.78 is 24.6. The molecule has 2 aliphatic rings. The first kappa shape index (κ1) is 37.7. The van der Waals surface area contributed by atoms with E-state index in [0.717, 1.165) is 38.2 Å². The molecule has 0 fully saturated rings. The molecule has 0 N–H and O–H groups in total. The molecule has 2 aliphatic heterocycles. The van der Waals surface area contributed by atoms with Gasteiger partial charge in [0.15, 0.2) is 0 Å². The summed E-state index contributed by atoms with van der Waals surface area (Å²) in [5, 5.41) is 0.564. The third-order valence-corrected chi connectivity index (χ3v) is 11.3. The van der Waals surface area contributed by atoms with E-state index in [0.29, 0.717) is 52.5 Å². The van der Waals surface area contributed by atoms with Crippen molar-refractivity contribution < 1.29 is 18.7 Å². The number of aromatic nitrogens is 1. The molecule has 3 aromatic carbocycles. The number of pyridine rings is 1. The minimum Gasteiger partial charge on any atom is -0.616 e. The van der Waals surface area contributed by atoms with Crippen LogP contribution < -0.4 is 9.80 Å². The summed E-state index contributed by atoms with van der Waals surface area (Å²) in [5.41, 5.74) is 6.35. The van der Waals surface area contributed by atoms with E-state index in [1.165, 1.54) is 0 Å². The predicted molar refractivity (Wildman–Crippen MR) is 209 cm³/mol. The molecular formula is C37H37BrClN5O4S2. The maximum absolute atomic E-state index is 12.6. The van der Waals surface area contributed by atoms with E-state index in [9.17, 15) is 18.7 Å². The first-order valence-electron chi connectivity index (χ1n) is 16.2. The number of carbonyl (C=O) groups is 2. The Morgan fingerprint density at radius 2 is 1.30 bits per heavy atom. The van der Waals surface area contributed by atoms with Crippen molar-refractivity contribution in [3.63, 3.8) is 0 Å². The van der Waals surface area contributed by atoms with Gasteiger partial charge in [0, 0.05) is 32.4 Å². The number of rotatable bonds is 10. The van der Waals surface area contributed by atoms with E-state index in [1.54, 1.807) is 28.1 Å². The van der Waals surface area contributed by atoms with Gasteiger partial charge < -0.3 is 18.9 Å². The first-order chi connectivity index (χ1) is 24.2. The van der Waals surface area contributed by atoms with Crippen LogP contribution in [0.15, 0.2) is 106 Å². The van der Waals surface area contributed by atoms with Gasteiger partial charge in [0.2, 0.25) is 11.8 Å². The predicted octanol–water partition coefficient (Wildman–Crippen LogP) is 6.09. The second kappa shape index (κ2) is 18.1. The summed E-state index contributed by atoms with van der Waals surface area (Å²) in [5.74, 6) is 1.89. The lowest BCUT2D eigenvalue weighted by Gasteiger charge is -2.23. The number of hydrogen-bond acceptors (Lipinski definition) is 7. The minimum atomic E-state index is -0.945. The van der Waals surface area contributed by atoms with Crippen LogP contribution in [0.1, 0.15) is 36.2 Å². The van der Waals surface area contributed by atoms with Gasteiger partial charge in [-0.3, -0.25) is 24.6 Å². The summed E-state index contributed by atoms with van der Waals surface area (Å²) in [6.45, 7) is 4.70. The van der Waals surface area contributed by atoms with E-state index in [2.05, 4.69) is 30.9 Å². The molecule has 0 radical (unpaired) electrons. The highest BCUT2D eigenvalue weighted by Gasteiger charge is 2.28. The van der Waals surface area contributed by atoms with E-state index < -0.39 is 22.4 Å². The number of amides is 2. The molecular weight excluding hydrogens is 758 g/mol. The number of hydrogen-bond donors (Lipinski definition) is 0.